The van der Waals surface area contributed by atoms with Crippen LogP contribution in [0.3, 0.4) is 0 Å². The van der Waals surface area contributed by atoms with Gasteiger partial charge in [-0.15, -0.1) is 0 Å². The Morgan fingerprint density at radius 2 is 1.80 bits per heavy atom. The van der Waals surface area contributed by atoms with Gasteiger partial charge in [-0.1, -0.05) is 25.3 Å². The fraction of sp³-hybridized carbons (Fsp3) is 0.448. The van der Waals surface area contributed by atoms with Crippen LogP contribution < -0.4 is 15.2 Å². The Labute approximate surface area is 235 Å². The maximum Gasteiger partial charge on any atom is 0.335 e. The van der Waals surface area contributed by atoms with Gasteiger partial charge in [0.25, 0.3) is 10.2 Å². The Hall–Kier alpha value is -3.41. The molecule has 0 spiro atoms. The second kappa shape index (κ2) is 12.8. The second-order valence-corrected chi connectivity index (χ2v) is 12.0. The van der Waals surface area contributed by atoms with E-state index in [9.17, 15) is 23.1 Å². The number of aromatic carboxylic acids is 1. The SMILES string of the molecule is COc1ccc(-c2c(C3CCCCC3)c3ccc(C(=O)O)cc3n2CC(=O)NCCCCN(C)S(N)(=O)=O)cc1. The summed E-state index contributed by atoms with van der Waals surface area (Å²) >= 11 is 0. The van der Waals surface area contributed by atoms with E-state index in [2.05, 4.69) is 5.32 Å². The summed E-state index contributed by atoms with van der Waals surface area (Å²) in [6.07, 6.45) is 6.68. The van der Waals surface area contributed by atoms with Gasteiger partial charge >= 0.3 is 5.97 Å². The highest BCUT2D eigenvalue weighted by Crippen LogP contribution is 2.44. The first-order valence-corrected chi connectivity index (χ1v) is 15.1. The van der Waals surface area contributed by atoms with Crippen LogP contribution in [0.2, 0.25) is 0 Å². The number of nitrogens with one attached hydrogen (secondary N) is 1. The molecule has 0 aliphatic heterocycles. The first-order chi connectivity index (χ1) is 19.1. The number of unbranched alkanes of at least 4 members (excludes halogenated alkanes) is 1. The summed E-state index contributed by atoms with van der Waals surface area (Å²) in [7, 11) is -0.694. The van der Waals surface area contributed by atoms with Gasteiger partial charge in [-0.05, 0) is 79.1 Å². The molecule has 3 aromatic rings. The highest BCUT2D eigenvalue weighted by molar-refractivity contribution is 7.86. The average molecular weight is 571 g/mol. The number of carbonyl (C=O) groups excluding carboxylic acids is 1. The number of carboxylic acids is 1. The van der Waals surface area contributed by atoms with Crippen molar-refractivity contribution in [2.24, 2.45) is 5.14 Å². The van der Waals surface area contributed by atoms with Crippen LogP contribution in [0.5, 0.6) is 5.75 Å². The van der Waals surface area contributed by atoms with Crippen molar-refractivity contribution < 1.29 is 27.9 Å². The molecule has 4 N–H and O–H groups in total. The van der Waals surface area contributed by atoms with E-state index in [1.165, 1.54) is 13.5 Å². The zero-order valence-electron chi connectivity index (χ0n) is 23.1. The smallest absolute Gasteiger partial charge is 0.335 e. The van der Waals surface area contributed by atoms with Gasteiger partial charge in [0.05, 0.1) is 23.9 Å². The molecule has 1 aromatic heterocycles. The summed E-state index contributed by atoms with van der Waals surface area (Å²) in [5.74, 6) is -0.190. The van der Waals surface area contributed by atoms with Crippen LogP contribution in [0.15, 0.2) is 42.5 Å². The molecule has 0 radical (unpaired) electrons. The number of carbonyl (C=O) groups is 2. The molecule has 2 aromatic carbocycles. The van der Waals surface area contributed by atoms with Crippen LogP contribution in [-0.2, 0) is 21.5 Å². The van der Waals surface area contributed by atoms with Crippen molar-refractivity contribution in [3.8, 4) is 17.0 Å². The minimum atomic E-state index is -3.73. The normalized spacial score (nSPS) is 14.5. The number of fused-ring (bicyclic) bond motifs is 1. The van der Waals surface area contributed by atoms with E-state index in [1.807, 2.05) is 34.9 Å². The Kier molecular flexibility index (Phi) is 9.49. The van der Waals surface area contributed by atoms with Crippen LogP contribution in [0.25, 0.3) is 22.2 Å². The summed E-state index contributed by atoms with van der Waals surface area (Å²) < 4.78 is 31.1. The van der Waals surface area contributed by atoms with Crippen LogP contribution >= 0.6 is 0 Å². The molecule has 0 atom stereocenters. The van der Waals surface area contributed by atoms with E-state index in [4.69, 9.17) is 9.88 Å². The number of nitrogens with two attached hydrogens (primary N) is 1. The fourth-order valence-electron chi connectivity index (χ4n) is 5.55. The quantitative estimate of drug-likeness (QED) is 0.280. The average Bonchev–Trinajstić information content (AvgIpc) is 3.25. The molecule has 1 fully saturated rings. The lowest BCUT2D eigenvalue weighted by atomic mass is 9.82. The monoisotopic (exact) mass is 570 g/mol. The lowest BCUT2D eigenvalue weighted by molar-refractivity contribution is -0.121. The van der Waals surface area contributed by atoms with Gasteiger partial charge < -0.3 is 19.7 Å². The first kappa shape index (κ1) is 29.6. The summed E-state index contributed by atoms with van der Waals surface area (Å²) in [4.78, 5) is 25.1. The highest BCUT2D eigenvalue weighted by Gasteiger charge is 2.28. The maximum absolute atomic E-state index is 13.2. The molecule has 1 heterocycles. The van der Waals surface area contributed by atoms with E-state index in [0.29, 0.717) is 25.3 Å². The molecule has 1 aliphatic rings. The van der Waals surface area contributed by atoms with Crippen LogP contribution in [-0.4, -0.2) is 61.5 Å². The Bertz CT molecular complexity index is 1460. The van der Waals surface area contributed by atoms with E-state index < -0.39 is 16.2 Å². The molecule has 0 saturated heterocycles. The Morgan fingerprint density at radius 1 is 1.10 bits per heavy atom. The van der Waals surface area contributed by atoms with Gasteiger partial charge in [-0.3, -0.25) is 4.79 Å². The largest absolute Gasteiger partial charge is 0.497 e. The van der Waals surface area contributed by atoms with Gasteiger partial charge in [-0.25, -0.2) is 9.93 Å². The second-order valence-electron chi connectivity index (χ2n) is 10.4. The maximum atomic E-state index is 13.2. The van der Waals surface area contributed by atoms with Gasteiger partial charge in [-0.2, -0.15) is 12.7 Å². The number of nitrogens with zero attached hydrogens (tertiary/aromatic N) is 2. The zero-order valence-corrected chi connectivity index (χ0v) is 23.9. The minimum Gasteiger partial charge on any atom is -0.497 e. The van der Waals surface area contributed by atoms with Crippen molar-refractivity contribution in [2.75, 3.05) is 27.2 Å². The van der Waals surface area contributed by atoms with Crippen molar-refractivity contribution in [3.63, 3.8) is 0 Å². The lowest BCUT2D eigenvalue weighted by Crippen LogP contribution is -2.34. The van der Waals surface area contributed by atoms with Gasteiger partial charge in [0.15, 0.2) is 0 Å². The predicted octanol–water partition coefficient (Wildman–Crippen LogP) is 4.09. The van der Waals surface area contributed by atoms with E-state index in [0.717, 1.165) is 63.5 Å². The molecule has 1 saturated carbocycles. The molecule has 0 unspecified atom stereocenters. The predicted molar refractivity (Wildman–Crippen MR) is 155 cm³/mol. The number of hydrogen-bond acceptors (Lipinski definition) is 5. The molecule has 216 valence electrons. The Balaban J connectivity index is 1.68. The Morgan fingerprint density at radius 3 is 2.42 bits per heavy atom. The van der Waals surface area contributed by atoms with Gasteiger partial charge in [0.1, 0.15) is 12.3 Å². The standard InChI is InChI=1S/C29H38N4O6S/c1-32(40(30,37)38)17-7-6-16-31-26(34)19-33-25-18-22(29(35)36)12-15-24(25)27(20-8-4-3-5-9-20)28(33)21-10-13-23(39-2)14-11-21/h10-15,18,20H,3-9,16-17,19H2,1-2H3,(H,31,34)(H,35,36)(H2,30,37,38). The van der Waals surface area contributed by atoms with E-state index >= 15 is 0 Å². The lowest BCUT2D eigenvalue weighted by Gasteiger charge is -2.24. The van der Waals surface area contributed by atoms with Crippen molar-refractivity contribution in [1.82, 2.24) is 14.2 Å². The molecule has 0 bridgehead atoms. The van der Waals surface area contributed by atoms with Crippen LogP contribution in [0.4, 0.5) is 0 Å². The molecular weight excluding hydrogens is 532 g/mol. The molecule has 1 aliphatic carbocycles. The summed E-state index contributed by atoms with van der Waals surface area (Å²) in [6.45, 7) is 0.663. The van der Waals surface area contributed by atoms with Crippen molar-refractivity contribution >= 4 is 33.0 Å². The first-order valence-electron chi connectivity index (χ1n) is 13.6. The topological polar surface area (TPSA) is 144 Å². The van der Waals surface area contributed by atoms with E-state index in [-0.39, 0.29) is 24.6 Å². The highest BCUT2D eigenvalue weighted by atomic mass is 32.2. The number of amides is 1. The minimum absolute atomic E-state index is 0.0186. The zero-order chi connectivity index (χ0) is 28.9. The third-order valence-corrected chi connectivity index (χ3v) is 8.74. The number of aromatic nitrogens is 1. The number of benzene rings is 2. The number of hydrogen-bond donors (Lipinski definition) is 3. The molecule has 4 rings (SSSR count). The van der Waals surface area contributed by atoms with E-state index in [1.54, 1.807) is 19.2 Å². The van der Waals surface area contributed by atoms with Crippen LogP contribution in [0, 0.1) is 0 Å². The summed E-state index contributed by atoms with van der Waals surface area (Å²) in [5, 5.41) is 18.7. The summed E-state index contributed by atoms with van der Waals surface area (Å²) in [5.41, 5.74) is 3.92. The van der Waals surface area contributed by atoms with Crippen molar-refractivity contribution in [2.45, 2.75) is 57.4 Å². The molecular formula is C29H38N4O6S. The summed E-state index contributed by atoms with van der Waals surface area (Å²) in [6, 6.07) is 12.9. The molecule has 1 amide bonds. The number of carboxylic acid groups (broad SMARTS) is 1. The third kappa shape index (κ3) is 6.83. The van der Waals surface area contributed by atoms with Gasteiger partial charge in [0.2, 0.25) is 5.91 Å². The molecule has 10 nitrogen and oxygen atoms in total. The number of ether oxygens (including phenoxy) is 1. The van der Waals surface area contributed by atoms with Crippen molar-refractivity contribution in [1.29, 1.82) is 0 Å². The molecule has 11 heteroatoms. The molecule has 40 heavy (non-hydrogen) atoms. The third-order valence-electron chi connectivity index (χ3n) is 7.69. The van der Waals surface area contributed by atoms with Gasteiger partial charge in [0, 0.05) is 25.5 Å². The number of methoxy groups -OCH3 is 1. The van der Waals surface area contributed by atoms with Crippen LogP contribution in [0.1, 0.15) is 66.8 Å². The van der Waals surface area contributed by atoms with Crippen molar-refractivity contribution in [3.05, 3.63) is 53.6 Å². The number of rotatable bonds is 12. The fourth-order valence-corrected chi connectivity index (χ4v) is 5.94.